The number of hydrogen-bond acceptors (Lipinski definition) is 6. The van der Waals surface area contributed by atoms with Crippen molar-refractivity contribution in [2.45, 2.75) is 24.2 Å². The summed E-state index contributed by atoms with van der Waals surface area (Å²) in [6.07, 6.45) is 6.45. The van der Waals surface area contributed by atoms with Gasteiger partial charge in [-0.15, -0.1) is 0 Å². The summed E-state index contributed by atoms with van der Waals surface area (Å²) in [4.78, 5) is 3.97. The highest BCUT2D eigenvalue weighted by molar-refractivity contribution is 9.10. The Hall–Kier alpha value is -0.350. The van der Waals surface area contributed by atoms with Crippen molar-refractivity contribution in [3.63, 3.8) is 0 Å². The van der Waals surface area contributed by atoms with Crippen molar-refractivity contribution in [3.8, 4) is 0 Å². The third kappa shape index (κ3) is 5.57. The van der Waals surface area contributed by atoms with Crippen LogP contribution in [-0.4, -0.2) is 32.0 Å². The number of sulfonamides is 1. The van der Waals surface area contributed by atoms with Crippen molar-refractivity contribution in [2.75, 3.05) is 24.0 Å². The summed E-state index contributed by atoms with van der Waals surface area (Å²) in [6.45, 7) is 0.410. The Bertz CT molecular complexity index is 525. The molecular weight excluding hydrogens is 364 g/mol. The van der Waals surface area contributed by atoms with E-state index in [0.717, 1.165) is 25.0 Å². The predicted molar refractivity (Wildman–Crippen MR) is 87.2 cm³/mol. The Balaban J connectivity index is 2.62. The van der Waals surface area contributed by atoms with Crippen LogP contribution in [0.3, 0.4) is 0 Å². The number of halogens is 1. The Labute approximate surface area is 132 Å². The lowest BCUT2D eigenvalue weighted by Crippen LogP contribution is -2.26. The van der Waals surface area contributed by atoms with Crippen molar-refractivity contribution in [1.29, 1.82) is 0 Å². The molecule has 0 saturated carbocycles. The van der Waals surface area contributed by atoms with Crippen LogP contribution in [0.5, 0.6) is 0 Å². The van der Waals surface area contributed by atoms with Crippen LogP contribution in [0.2, 0.25) is 0 Å². The second-order valence-corrected chi connectivity index (χ2v) is 7.73. The Morgan fingerprint density at radius 2 is 2.15 bits per heavy atom. The molecule has 0 aliphatic rings. The van der Waals surface area contributed by atoms with Gasteiger partial charge in [0.15, 0.2) is 5.82 Å². The molecule has 114 valence electrons. The first-order valence-corrected chi connectivity index (χ1v) is 9.79. The zero-order chi connectivity index (χ0) is 15.0. The molecule has 0 aliphatic carbocycles. The molecule has 0 spiro atoms. The van der Waals surface area contributed by atoms with Gasteiger partial charge in [0.1, 0.15) is 4.90 Å². The molecule has 9 heteroatoms. The summed E-state index contributed by atoms with van der Waals surface area (Å²) in [7, 11) is -3.61. The summed E-state index contributed by atoms with van der Waals surface area (Å²) in [5.74, 6) is 6.51. The molecule has 1 aromatic heterocycles. The molecule has 0 aromatic carbocycles. The number of hydrazine groups is 1. The molecular formula is C11H19BrN4O2S2. The number of nitrogens with one attached hydrogen (secondary N) is 2. The SMILES string of the molecule is CSCCCCCNS(=O)(=O)c1cc(Br)cnc1NN. The number of hydrogen-bond donors (Lipinski definition) is 3. The summed E-state index contributed by atoms with van der Waals surface area (Å²) in [5, 5.41) is 0. The molecule has 4 N–H and O–H groups in total. The van der Waals surface area contributed by atoms with E-state index >= 15 is 0 Å². The van der Waals surface area contributed by atoms with Crippen LogP contribution < -0.4 is 16.0 Å². The Kier molecular flexibility index (Phi) is 7.82. The number of aromatic nitrogens is 1. The van der Waals surface area contributed by atoms with Gasteiger partial charge in [-0.1, -0.05) is 6.42 Å². The van der Waals surface area contributed by atoms with E-state index in [2.05, 4.69) is 37.3 Å². The molecule has 0 bridgehead atoms. The molecule has 0 amide bonds. The number of unbranched alkanes of at least 4 members (excludes halogenated alkanes) is 2. The van der Waals surface area contributed by atoms with E-state index in [1.807, 2.05) is 0 Å². The molecule has 0 atom stereocenters. The minimum atomic E-state index is -3.61. The second-order valence-electron chi connectivity index (χ2n) is 4.10. The Morgan fingerprint density at radius 3 is 2.80 bits per heavy atom. The number of rotatable bonds is 9. The molecule has 0 aliphatic heterocycles. The summed E-state index contributed by atoms with van der Waals surface area (Å²) >= 11 is 5.00. The fraction of sp³-hybridized carbons (Fsp3) is 0.545. The van der Waals surface area contributed by atoms with Crippen molar-refractivity contribution in [3.05, 3.63) is 16.7 Å². The van der Waals surface area contributed by atoms with Crippen LogP contribution in [0.25, 0.3) is 0 Å². The lowest BCUT2D eigenvalue weighted by atomic mass is 10.2. The van der Waals surface area contributed by atoms with E-state index in [1.165, 1.54) is 12.3 Å². The highest BCUT2D eigenvalue weighted by Gasteiger charge is 2.19. The van der Waals surface area contributed by atoms with E-state index in [-0.39, 0.29) is 10.7 Å². The number of thioether (sulfide) groups is 1. The fourth-order valence-corrected chi connectivity index (χ4v) is 3.76. The third-order valence-corrected chi connectivity index (χ3v) is 5.17. The number of anilines is 1. The van der Waals surface area contributed by atoms with Gasteiger partial charge in [0.2, 0.25) is 10.0 Å². The van der Waals surface area contributed by atoms with Crippen LogP contribution in [0.1, 0.15) is 19.3 Å². The van der Waals surface area contributed by atoms with Crippen molar-refractivity contribution < 1.29 is 8.42 Å². The molecule has 0 saturated heterocycles. The first-order chi connectivity index (χ1) is 9.51. The van der Waals surface area contributed by atoms with Gasteiger partial charge >= 0.3 is 0 Å². The van der Waals surface area contributed by atoms with Gasteiger partial charge in [0, 0.05) is 17.2 Å². The van der Waals surface area contributed by atoms with Crippen LogP contribution in [0, 0.1) is 0 Å². The van der Waals surface area contributed by atoms with Gasteiger partial charge in [-0.05, 0) is 46.8 Å². The zero-order valence-corrected chi connectivity index (χ0v) is 14.4. The summed E-state index contributed by atoms with van der Waals surface area (Å²) in [6, 6.07) is 1.47. The van der Waals surface area contributed by atoms with Crippen LogP contribution in [0.15, 0.2) is 21.6 Å². The van der Waals surface area contributed by atoms with Crippen molar-refractivity contribution in [2.24, 2.45) is 5.84 Å². The molecule has 0 radical (unpaired) electrons. The minimum absolute atomic E-state index is 0.0403. The second kappa shape index (κ2) is 8.83. The van der Waals surface area contributed by atoms with Gasteiger partial charge < -0.3 is 5.43 Å². The maximum Gasteiger partial charge on any atom is 0.244 e. The predicted octanol–water partition coefficient (Wildman–Crippen LogP) is 1.94. The maximum atomic E-state index is 12.2. The molecule has 6 nitrogen and oxygen atoms in total. The van der Waals surface area contributed by atoms with E-state index in [0.29, 0.717) is 11.0 Å². The zero-order valence-electron chi connectivity index (χ0n) is 11.2. The van der Waals surface area contributed by atoms with E-state index in [9.17, 15) is 8.42 Å². The van der Waals surface area contributed by atoms with E-state index in [4.69, 9.17) is 5.84 Å². The molecule has 0 unspecified atom stereocenters. The van der Waals surface area contributed by atoms with Crippen molar-refractivity contribution >= 4 is 43.5 Å². The topological polar surface area (TPSA) is 97.1 Å². The molecule has 1 aromatic rings. The maximum absolute atomic E-state index is 12.2. The summed E-state index contributed by atoms with van der Waals surface area (Å²) < 4.78 is 27.5. The lowest BCUT2D eigenvalue weighted by Gasteiger charge is -2.10. The molecule has 0 fully saturated rings. The largest absolute Gasteiger partial charge is 0.307 e. The fourth-order valence-electron chi connectivity index (χ4n) is 1.57. The smallest absolute Gasteiger partial charge is 0.244 e. The van der Waals surface area contributed by atoms with Gasteiger partial charge in [0.05, 0.1) is 0 Å². The van der Waals surface area contributed by atoms with Gasteiger partial charge in [-0.25, -0.2) is 24.0 Å². The van der Waals surface area contributed by atoms with Gasteiger partial charge in [-0.2, -0.15) is 11.8 Å². The number of nitrogens with zero attached hydrogens (tertiary/aromatic N) is 1. The first-order valence-electron chi connectivity index (χ1n) is 6.12. The number of pyridine rings is 1. The Morgan fingerprint density at radius 1 is 1.40 bits per heavy atom. The third-order valence-electron chi connectivity index (χ3n) is 2.56. The first kappa shape index (κ1) is 17.7. The molecule has 20 heavy (non-hydrogen) atoms. The van der Waals surface area contributed by atoms with Gasteiger partial charge in [0.25, 0.3) is 0 Å². The lowest BCUT2D eigenvalue weighted by molar-refractivity contribution is 0.576. The van der Waals surface area contributed by atoms with E-state index < -0.39 is 10.0 Å². The normalized spacial score (nSPS) is 11.6. The molecule has 1 heterocycles. The molecule has 1 rings (SSSR count). The van der Waals surface area contributed by atoms with Gasteiger partial charge in [-0.3, -0.25) is 0 Å². The average Bonchev–Trinajstić information content (AvgIpc) is 2.42. The van der Waals surface area contributed by atoms with Crippen molar-refractivity contribution in [1.82, 2.24) is 9.71 Å². The number of nitrogens with two attached hydrogens (primary N) is 1. The van der Waals surface area contributed by atoms with Crippen LogP contribution in [0.4, 0.5) is 5.82 Å². The number of nitrogen functional groups attached to an aromatic ring is 1. The van der Waals surface area contributed by atoms with Crippen LogP contribution >= 0.6 is 27.7 Å². The summed E-state index contributed by atoms with van der Waals surface area (Å²) in [5.41, 5.74) is 2.29. The quantitative estimate of drug-likeness (QED) is 0.343. The highest BCUT2D eigenvalue weighted by atomic mass is 79.9. The minimum Gasteiger partial charge on any atom is -0.307 e. The standard InChI is InChI=1S/C11H19BrN4O2S2/c1-19-6-4-2-3-5-15-20(17,18)10-7-9(12)8-14-11(10)16-13/h7-8,15H,2-6,13H2,1H3,(H,14,16). The van der Waals surface area contributed by atoms with Crippen LogP contribution in [-0.2, 0) is 10.0 Å². The monoisotopic (exact) mass is 382 g/mol. The average molecular weight is 383 g/mol. The van der Waals surface area contributed by atoms with E-state index in [1.54, 1.807) is 11.8 Å². The highest BCUT2D eigenvalue weighted by Crippen LogP contribution is 2.21.